The van der Waals surface area contributed by atoms with Crippen LogP contribution in [0.3, 0.4) is 0 Å². The number of para-hydroxylation sites is 1. The molecule has 3 rings (SSSR count). The molecule has 0 aliphatic heterocycles. The van der Waals surface area contributed by atoms with Crippen LogP contribution in [-0.2, 0) is 4.79 Å². The van der Waals surface area contributed by atoms with E-state index in [2.05, 4.69) is 10.6 Å². The number of aryl methyl sites for hydroxylation is 1. The lowest BCUT2D eigenvalue weighted by atomic mass is 9.93. The molecule has 1 aliphatic carbocycles. The molecule has 0 fully saturated rings. The van der Waals surface area contributed by atoms with Crippen LogP contribution in [0, 0.1) is 6.92 Å². The largest absolute Gasteiger partial charge is 0.505 e. The number of alkyl halides is 3. The topological polar surface area (TPSA) is 115 Å². The Morgan fingerprint density at radius 2 is 1.94 bits per heavy atom. The fourth-order valence-corrected chi connectivity index (χ4v) is 3.21. The minimum atomic E-state index is -4.55. The second-order valence-corrected chi connectivity index (χ2v) is 7.55. The number of carbonyl (C=O) groups excluding carboxylic acids is 2. The number of halogens is 3. The maximum atomic E-state index is 13.1. The number of phenols is 1. The van der Waals surface area contributed by atoms with Gasteiger partial charge in [-0.25, -0.2) is 0 Å². The molecule has 2 unspecified atom stereocenters. The number of aliphatic hydroxyl groups excluding tert-OH is 1. The van der Waals surface area contributed by atoms with Crippen LogP contribution in [0.5, 0.6) is 5.75 Å². The lowest BCUT2D eigenvalue weighted by Gasteiger charge is -2.32. The van der Waals surface area contributed by atoms with Crippen molar-refractivity contribution < 1.29 is 37.4 Å². The van der Waals surface area contributed by atoms with Crippen molar-refractivity contribution in [3.05, 3.63) is 58.8 Å². The van der Waals surface area contributed by atoms with E-state index in [1.54, 1.807) is 6.92 Å². The highest BCUT2D eigenvalue weighted by Gasteiger charge is 2.42. The molecule has 4 N–H and O–H groups in total. The molecule has 1 aromatic heterocycles. The fraction of sp³-hybridized carbons (Fsp3) is 0.333. The van der Waals surface area contributed by atoms with Crippen LogP contribution in [0.4, 0.5) is 18.9 Å². The minimum Gasteiger partial charge on any atom is -0.505 e. The Bertz CT molecular complexity index is 1070. The molecule has 0 radical (unpaired) electrons. The molecule has 1 aliphatic rings. The summed E-state index contributed by atoms with van der Waals surface area (Å²) in [5, 5.41) is 25.7. The van der Waals surface area contributed by atoms with Gasteiger partial charge in [-0.05, 0) is 31.2 Å². The van der Waals surface area contributed by atoms with Crippen LogP contribution in [0.1, 0.15) is 34.3 Å². The van der Waals surface area contributed by atoms with Gasteiger partial charge in [0.25, 0.3) is 5.91 Å². The highest BCUT2D eigenvalue weighted by atomic mass is 19.4. The number of furan rings is 1. The van der Waals surface area contributed by atoms with Gasteiger partial charge in [0.2, 0.25) is 5.78 Å². The third-order valence-corrected chi connectivity index (χ3v) is 4.84. The summed E-state index contributed by atoms with van der Waals surface area (Å²) >= 11 is 0. The van der Waals surface area contributed by atoms with Crippen molar-refractivity contribution in [1.29, 1.82) is 0 Å². The Hall–Kier alpha value is -3.47. The number of hydrogen-bond donors (Lipinski definition) is 4. The Labute approximate surface area is 181 Å². The van der Waals surface area contributed by atoms with E-state index in [0.29, 0.717) is 5.76 Å². The van der Waals surface area contributed by atoms with Crippen LogP contribution < -0.4 is 10.6 Å². The van der Waals surface area contributed by atoms with E-state index in [4.69, 9.17) is 4.42 Å². The molecule has 0 bridgehead atoms. The number of Topliss-reactive ketones (excluding diaryl/α,β-unsaturated/α-hetero) is 1. The van der Waals surface area contributed by atoms with Gasteiger partial charge < -0.3 is 30.2 Å². The van der Waals surface area contributed by atoms with Gasteiger partial charge in [-0.2, -0.15) is 13.2 Å². The zero-order valence-electron chi connectivity index (χ0n) is 17.4. The van der Waals surface area contributed by atoms with Gasteiger partial charge in [0.1, 0.15) is 17.2 Å². The Morgan fingerprint density at radius 3 is 2.50 bits per heavy atom. The van der Waals surface area contributed by atoms with E-state index in [1.165, 1.54) is 49.3 Å². The molecule has 11 heteroatoms. The first-order valence-electron chi connectivity index (χ1n) is 9.55. The number of carbonyl (C=O) groups is 2. The van der Waals surface area contributed by atoms with E-state index in [-0.39, 0.29) is 28.4 Å². The number of hydrogen-bond acceptors (Lipinski definition) is 7. The number of benzene rings is 1. The minimum absolute atomic E-state index is 0.0142. The van der Waals surface area contributed by atoms with Crippen LogP contribution in [0.25, 0.3) is 0 Å². The van der Waals surface area contributed by atoms with E-state index < -0.39 is 42.2 Å². The summed E-state index contributed by atoms with van der Waals surface area (Å²) in [4.78, 5) is 25.7. The Kier molecular flexibility index (Phi) is 6.22. The Morgan fingerprint density at radius 1 is 1.25 bits per heavy atom. The maximum Gasteiger partial charge on any atom is 0.391 e. The zero-order valence-corrected chi connectivity index (χ0v) is 17.4. The molecule has 2 aromatic rings. The molecule has 1 amide bonds. The molecule has 2 atom stereocenters. The van der Waals surface area contributed by atoms with Crippen molar-refractivity contribution >= 4 is 17.4 Å². The van der Waals surface area contributed by atoms with Crippen LogP contribution in [0.2, 0.25) is 0 Å². The summed E-state index contributed by atoms with van der Waals surface area (Å²) in [6.07, 6.45) is -7.53. The van der Waals surface area contributed by atoms with E-state index in [0.717, 1.165) is 0 Å². The molecule has 32 heavy (non-hydrogen) atoms. The summed E-state index contributed by atoms with van der Waals surface area (Å²) in [7, 11) is 2.99. The van der Waals surface area contributed by atoms with Gasteiger partial charge in [-0.15, -0.1) is 0 Å². The first-order valence-corrected chi connectivity index (χ1v) is 9.55. The molecule has 172 valence electrons. The normalized spacial score (nSPS) is 17.1. The number of amides is 1. The van der Waals surface area contributed by atoms with Crippen molar-refractivity contribution in [2.45, 2.75) is 31.7 Å². The van der Waals surface area contributed by atoms with Crippen molar-refractivity contribution in [2.75, 3.05) is 19.4 Å². The number of phenolic OH excluding ortho intramolecular Hbond substituents is 1. The first-order chi connectivity index (χ1) is 14.9. The van der Waals surface area contributed by atoms with Crippen molar-refractivity contribution in [3.63, 3.8) is 0 Å². The zero-order chi connectivity index (χ0) is 23.8. The van der Waals surface area contributed by atoms with Gasteiger partial charge in [0.15, 0.2) is 11.9 Å². The van der Waals surface area contributed by atoms with Gasteiger partial charge in [-0.1, -0.05) is 6.07 Å². The molecule has 0 spiro atoms. The fourth-order valence-electron chi connectivity index (χ4n) is 3.21. The molecule has 8 nitrogen and oxygen atoms in total. The second kappa shape index (κ2) is 8.58. The SMILES string of the molecule is Cc1ccc(C(CC(F)(F)F)NC2=C(Nc3cccc(C(=O)N(C)C)c3O)C(=O)C2O)o1. The van der Waals surface area contributed by atoms with E-state index in [1.807, 2.05) is 0 Å². The molecule has 1 aromatic carbocycles. The average Bonchev–Trinajstić information content (AvgIpc) is 3.15. The van der Waals surface area contributed by atoms with Gasteiger partial charge in [-0.3, -0.25) is 9.59 Å². The average molecular weight is 453 g/mol. The van der Waals surface area contributed by atoms with Crippen molar-refractivity contribution in [3.8, 4) is 5.75 Å². The number of anilines is 1. The molecule has 0 saturated heterocycles. The quantitative estimate of drug-likeness (QED) is 0.477. The number of rotatable bonds is 7. The summed E-state index contributed by atoms with van der Waals surface area (Å²) < 4.78 is 44.7. The monoisotopic (exact) mass is 453 g/mol. The van der Waals surface area contributed by atoms with E-state index in [9.17, 15) is 33.0 Å². The lowest BCUT2D eigenvalue weighted by molar-refractivity contribution is -0.141. The van der Waals surface area contributed by atoms with Crippen LogP contribution in [-0.4, -0.2) is 53.2 Å². The first kappa shape index (κ1) is 23.2. The van der Waals surface area contributed by atoms with Crippen LogP contribution in [0.15, 0.2) is 46.1 Å². The highest BCUT2D eigenvalue weighted by molar-refractivity contribution is 6.11. The number of nitrogens with one attached hydrogen (secondary N) is 2. The van der Waals surface area contributed by atoms with Crippen LogP contribution >= 0.6 is 0 Å². The predicted octanol–water partition coefficient (Wildman–Crippen LogP) is 2.85. The molecular weight excluding hydrogens is 431 g/mol. The van der Waals surface area contributed by atoms with Crippen molar-refractivity contribution in [2.24, 2.45) is 0 Å². The summed E-state index contributed by atoms with van der Waals surface area (Å²) in [6.45, 7) is 1.58. The summed E-state index contributed by atoms with van der Waals surface area (Å²) in [5.74, 6) is -1.33. The summed E-state index contributed by atoms with van der Waals surface area (Å²) in [6, 6.07) is 5.71. The molecular formula is C21H22F3N3O5. The Balaban J connectivity index is 1.93. The number of nitrogens with zero attached hydrogens (tertiary/aromatic N) is 1. The lowest BCUT2D eigenvalue weighted by Crippen LogP contribution is -2.47. The molecule has 0 saturated carbocycles. The smallest absolute Gasteiger partial charge is 0.391 e. The number of ketones is 1. The maximum absolute atomic E-state index is 13.1. The van der Waals surface area contributed by atoms with Gasteiger partial charge in [0, 0.05) is 14.1 Å². The molecule has 1 heterocycles. The number of aliphatic hydroxyl groups is 1. The highest BCUT2D eigenvalue weighted by Crippen LogP contribution is 2.36. The van der Waals surface area contributed by atoms with Gasteiger partial charge in [0.05, 0.1) is 29.4 Å². The van der Waals surface area contributed by atoms with Crippen molar-refractivity contribution in [1.82, 2.24) is 10.2 Å². The third kappa shape index (κ3) is 4.72. The predicted molar refractivity (Wildman–Crippen MR) is 108 cm³/mol. The summed E-state index contributed by atoms with van der Waals surface area (Å²) in [5.41, 5.74) is -0.461. The number of aromatic hydroxyl groups is 1. The second-order valence-electron chi connectivity index (χ2n) is 7.55. The van der Waals surface area contributed by atoms with Gasteiger partial charge >= 0.3 is 6.18 Å². The third-order valence-electron chi connectivity index (χ3n) is 4.84. The van der Waals surface area contributed by atoms with E-state index >= 15 is 0 Å². The standard InChI is InChI=1S/C21H22F3N3O5/c1-10-7-8-14(32-10)13(9-21(22,23)24)26-16-15(18(29)19(16)30)25-12-6-4-5-11(17(12)28)20(31)27(2)3/h4-8,13,19,25-26,28,30H,9H2,1-3H3.